The van der Waals surface area contributed by atoms with Crippen LogP contribution in [0.2, 0.25) is 0 Å². The van der Waals surface area contributed by atoms with E-state index in [4.69, 9.17) is 4.74 Å². The maximum absolute atomic E-state index is 9.67. The molecule has 0 radical (unpaired) electrons. The smallest absolute Gasteiger partial charge is 0.119 e. The molecule has 1 aromatic rings. The summed E-state index contributed by atoms with van der Waals surface area (Å²) in [5.41, 5.74) is 0.392. The van der Waals surface area contributed by atoms with E-state index < -0.39 is 5.60 Å². The Morgan fingerprint density at radius 3 is 2.37 bits per heavy atom. The summed E-state index contributed by atoms with van der Waals surface area (Å²) in [6.07, 6.45) is 0. The molecule has 0 amide bonds. The average molecular weight is 330 g/mol. The zero-order valence-electron chi connectivity index (χ0n) is 12.4. The van der Waals surface area contributed by atoms with E-state index >= 15 is 0 Å². The van der Waals surface area contributed by atoms with Crippen LogP contribution in [0.25, 0.3) is 0 Å². The van der Waals surface area contributed by atoms with Gasteiger partial charge in [0.05, 0.1) is 5.60 Å². The Hall–Kier alpha value is -0.580. The van der Waals surface area contributed by atoms with Crippen LogP contribution in [0.15, 0.2) is 22.7 Å². The van der Waals surface area contributed by atoms with Gasteiger partial charge in [-0.05, 0) is 58.4 Å². The minimum atomic E-state index is -0.823. The predicted octanol–water partition coefficient (Wildman–Crippen LogP) is 3.49. The van der Waals surface area contributed by atoms with Gasteiger partial charge in [-0.2, -0.15) is 0 Å². The molecule has 0 bridgehead atoms. The highest BCUT2D eigenvalue weighted by atomic mass is 79.9. The van der Waals surface area contributed by atoms with E-state index in [9.17, 15) is 5.11 Å². The molecule has 0 unspecified atom stereocenters. The van der Waals surface area contributed by atoms with Crippen LogP contribution in [0.1, 0.15) is 40.2 Å². The summed E-state index contributed by atoms with van der Waals surface area (Å²) in [7, 11) is 0. The van der Waals surface area contributed by atoms with E-state index in [2.05, 4.69) is 42.0 Å². The molecular formula is C15H24BrNO2. The monoisotopic (exact) mass is 329 g/mol. The number of aliphatic hydroxyl groups is 1. The number of ether oxygens (including phenoxy) is 1. The van der Waals surface area contributed by atoms with Crippen molar-refractivity contribution >= 4 is 15.9 Å². The highest BCUT2D eigenvalue weighted by molar-refractivity contribution is 9.10. The summed E-state index contributed by atoms with van der Waals surface area (Å²) < 4.78 is 6.65. The largest absolute Gasteiger partial charge is 0.491 e. The van der Waals surface area contributed by atoms with Crippen LogP contribution >= 0.6 is 15.9 Å². The van der Waals surface area contributed by atoms with Gasteiger partial charge in [-0.25, -0.2) is 0 Å². The summed E-state index contributed by atoms with van der Waals surface area (Å²) in [4.78, 5) is 0. The maximum Gasteiger partial charge on any atom is 0.119 e. The molecule has 0 heterocycles. The van der Waals surface area contributed by atoms with Crippen LogP contribution in [-0.4, -0.2) is 22.9 Å². The van der Waals surface area contributed by atoms with Crippen LogP contribution in [0.5, 0.6) is 5.75 Å². The molecule has 0 saturated heterocycles. The van der Waals surface area contributed by atoms with Crippen molar-refractivity contribution in [3.8, 4) is 5.75 Å². The van der Waals surface area contributed by atoms with E-state index in [-0.39, 0.29) is 12.1 Å². The number of nitrogens with one attached hydrogen (secondary N) is 1. The van der Waals surface area contributed by atoms with Crippen molar-refractivity contribution in [2.24, 2.45) is 0 Å². The zero-order chi connectivity index (χ0) is 14.7. The molecule has 3 nitrogen and oxygen atoms in total. The van der Waals surface area contributed by atoms with E-state index in [1.54, 1.807) is 13.8 Å². The third kappa shape index (κ3) is 6.95. The third-order valence-corrected chi connectivity index (χ3v) is 3.19. The second-order valence-electron chi connectivity index (χ2n) is 6.46. The van der Waals surface area contributed by atoms with Crippen LogP contribution in [-0.2, 0) is 6.54 Å². The van der Waals surface area contributed by atoms with Gasteiger partial charge in [-0.1, -0.05) is 15.9 Å². The lowest BCUT2D eigenvalue weighted by atomic mass is 10.1. The first-order valence-electron chi connectivity index (χ1n) is 6.45. The minimum Gasteiger partial charge on any atom is -0.491 e. The quantitative estimate of drug-likeness (QED) is 0.868. The van der Waals surface area contributed by atoms with Crippen molar-refractivity contribution in [1.82, 2.24) is 5.32 Å². The second kappa shape index (κ2) is 6.25. The summed E-state index contributed by atoms with van der Waals surface area (Å²) in [6, 6.07) is 5.87. The first-order valence-corrected chi connectivity index (χ1v) is 7.25. The summed E-state index contributed by atoms with van der Waals surface area (Å²) >= 11 is 3.54. The predicted molar refractivity (Wildman–Crippen MR) is 82.5 cm³/mol. The Kier molecular flexibility index (Phi) is 5.42. The van der Waals surface area contributed by atoms with Gasteiger partial charge in [0.25, 0.3) is 0 Å². The molecule has 0 saturated carbocycles. The minimum absolute atomic E-state index is 0.0728. The molecule has 0 fully saturated rings. The first-order chi connectivity index (χ1) is 8.57. The number of benzene rings is 1. The molecule has 108 valence electrons. The van der Waals surface area contributed by atoms with Gasteiger partial charge in [-0.3, -0.25) is 0 Å². The van der Waals surface area contributed by atoms with Gasteiger partial charge in [0, 0.05) is 16.6 Å². The standard InChI is InChI=1S/C15H24BrNO2/c1-14(2,3)17-9-11-8-12(6-7-13(11)16)19-10-15(4,5)18/h6-8,17-18H,9-10H2,1-5H3. The molecule has 0 atom stereocenters. The highest BCUT2D eigenvalue weighted by Gasteiger charge is 2.14. The molecule has 0 aliphatic rings. The first kappa shape index (κ1) is 16.5. The average Bonchev–Trinajstić information content (AvgIpc) is 2.24. The van der Waals surface area contributed by atoms with Crippen molar-refractivity contribution in [2.75, 3.05) is 6.61 Å². The molecule has 1 aromatic carbocycles. The lowest BCUT2D eigenvalue weighted by molar-refractivity contribution is 0.0284. The number of halogens is 1. The van der Waals surface area contributed by atoms with Gasteiger partial charge in [0.15, 0.2) is 0 Å². The topological polar surface area (TPSA) is 41.5 Å². The van der Waals surface area contributed by atoms with Gasteiger partial charge in [0.2, 0.25) is 0 Å². The molecule has 0 aliphatic heterocycles. The van der Waals surface area contributed by atoms with Gasteiger partial charge in [-0.15, -0.1) is 0 Å². The van der Waals surface area contributed by atoms with Gasteiger partial charge in [0.1, 0.15) is 12.4 Å². The Balaban J connectivity index is 2.71. The van der Waals surface area contributed by atoms with Crippen molar-refractivity contribution in [2.45, 2.75) is 52.3 Å². The molecule has 2 N–H and O–H groups in total. The highest BCUT2D eigenvalue weighted by Crippen LogP contribution is 2.23. The fourth-order valence-electron chi connectivity index (χ4n) is 1.40. The van der Waals surface area contributed by atoms with E-state index in [0.29, 0.717) is 0 Å². The molecule has 19 heavy (non-hydrogen) atoms. The lowest BCUT2D eigenvalue weighted by Crippen LogP contribution is -2.35. The Morgan fingerprint density at radius 1 is 1.21 bits per heavy atom. The zero-order valence-corrected chi connectivity index (χ0v) is 14.0. The maximum atomic E-state index is 9.67. The normalized spacial score (nSPS) is 12.6. The molecular weight excluding hydrogens is 306 g/mol. The Morgan fingerprint density at radius 2 is 1.84 bits per heavy atom. The molecule has 1 rings (SSSR count). The van der Waals surface area contributed by atoms with E-state index in [1.807, 2.05) is 18.2 Å². The molecule has 4 heteroatoms. The summed E-state index contributed by atoms with van der Waals surface area (Å²) in [6.45, 7) is 10.9. The van der Waals surface area contributed by atoms with Crippen molar-refractivity contribution < 1.29 is 9.84 Å². The van der Waals surface area contributed by atoms with Crippen LogP contribution < -0.4 is 10.1 Å². The molecule has 0 aromatic heterocycles. The number of rotatable bonds is 5. The summed E-state index contributed by atoms with van der Waals surface area (Å²) in [5, 5.41) is 13.1. The second-order valence-corrected chi connectivity index (χ2v) is 7.31. The number of hydrogen-bond donors (Lipinski definition) is 2. The lowest BCUT2D eigenvalue weighted by Gasteiger charge is -2.22. The SMILES string of the molecule is CC(C)(O)COc1ccc(Br)c(CNC(C)(C)C)c1. The van der Waals surface area contributed by atoms with Crippen LogP contribution in [0.4, 0.5) is 0 Å². The van der Waals surface area contributed by atoms with Crippen LogP contribution in [0, 0.1) is 0 Å². The van der Waals surface area contributed by atoms with E-state index in [0.717, 1.165) is 22.3 Å². The van der Waals surface area contributed by atoms with Gasteiger partial charge >= 0.3 is 0 Å². The third-order valence-electron chi connectivity index (χ3n) is 2.42. The number of hydrogen-bond acceptors (Lipinski definition) is 3. The van der Waals surface area contributed by atoms with Crippen molar-refractivity contribution in [3.63, 3.8) is 0 Å². The molecule has 0 spiro atoms. The van der Waals surface area contributed by atoms with Crippen molar-refractivity contribution in [3.05, 3.63) is 28.2 Å². The van der Waals surface area contributed by atoms with E-state index in [1.165, 1.54) is 0 Å². The summed E-state index contributed by atoms with van der Waals surface area (Å²) in [5.74, 6) is 0.774. The molecule has 0 aliphatic carbocycles. The fourth-order valence-corrected chi connectivity index (χ4v) is 1.78. The Labute approximate surface area is 124 Å². The van der Waals surface area contributed by atoms with Gasteiger partial charge < -0.3 is 15.2 Å². The van der Waals surface area contributed by atoms with Crippen LogP contribution in [0.3, 0.4) is 0 Å². The van der Waals surface area contributed by atoms with Crippen molar-refractivity contribution in [1.29, 1.82) is 0 Å². The Bertz CT molecular complexity index is 419. The fraction of sp³-hybridized carbons (Fsp3) is 0.600.